The van der Waals surface area contributed by atoms with Crippen molar-refractivity contribution < 1.29 is 4.74 Å². The highest BCUT2D eigenvalue weighted by atomic mass is 16.5. The first kappa shape index (κ1) is 12.6. The fourth-order valence-electron chi connectivity index (χ4n) is 1.28. The van der Waals surface area contributed by atoms with Crippen LogP contribution in [0.1, 0.15) is 26.3 Å². The van der Waals surface area contributed by atoms with Gasteiger partial charge in [-0.15, -0.1) is 0 Å². The molecule has 0 bridgehead atoms. The number of nitrogens with zero attached hydrogens (tertiary/aromatic N) is 1. The van der Waals surface area contributed by atoms with Crippen LogP contribution < -0.4 is 10.5 Å². The molecular formula is C13H20N2O. The number of amidine groups is 1. The molecule has 0 radical (unpaired) electrons. The van der Waals surface area contributed by atoms with Gasteiger partial charge >= 0.3 is 0 Å². The summed E-state index contributed by atoms with van der Waals surface area (Å²) in [6.07, 6.45) is 0. The van der Waals surface area contributed by atoms with E-state index in [0.29, 0.717) is 18.4 Å². The van der Waals surface area contributed by atoms with E-state index < -0.39 is 0 Å². The zero-order valence-corrected chi connectivity index (χ0v) is 10.2. The first-order valence-electron chi connectivity index (χ1n) is 5.66. The molecule has 88 valence electrons. The van der Waals surface area contributed by atoms with Crippen LogP contribution in [0, 0.1) is 5.92 Å². The highest BCUT2D eigenvalue weighted by Crippen LogP contribution is 2.13. The number of ether oxygens (including phenoxy) is 1. The summed E-state index contributed by atoms with van der Waals surface area (Å²) in [6.45, 7) is 7.61. The van der Waals surface area contributed by atoms with Crippen molar-refractivity contribution in [2.45, 2.75) is 20.8 Å². The summed E-state index contributed by atoms with van der Waals surface area (Å²) in [6, 6.07) is 7.71. The smallest absolute Gasteiger partial charge is 0.125 e. The Morgan fingerprint density at radius 2 is 2.19 bits per heavy atom. The molecule has 0 aliphatic carbocycles. The van der Waals surface area contributed by atoms with E-state index in [2.05, 4.69) is 18.8 Å². The van der Waals surface area contributed by atoms with Gasteiger partial charge in [-0.2, -0.15) is 0 Å². The lowest BCUT2D eigenvalue weighted by Crippen LogP contribution is -2.15. The van der Waals surface area contributed by atoms with Crippen molar-refractivity contribution in [3.63, 3.8) is 0 Å². The minimum absolute atomic E-state index is 0.522. The van der Waals surface area contributed by atoms with E-state index in [0.717, 1.165) is 17.9 Å². The first-order chi connectivity index (χ1) is 7.63. The summed E-state index contributed by atoms with van der Waals surface area (Å²) >= 11 is 0. The molecule has 0 fully saturated rings. The van der Waals surface area contributed by atoms with Crippen LogP contribution in [0.25, 0.3) is 0 Å². The molecule has 0 aliphatic rings. The van der Waals surface area contributed by atoms with Gasteiger partial charge in [0.25, 0.3) is 0 Å². The van der Waals surface area contributed by atoms with Crippen molar-refractivity contribution in [2.24, 2.45) is 16.6 Å². The topological polar surface area (TPSA) is 47.6 Å². The average Bonchev–Trinajstić information content (AvgIpc) is 2.26. The van der Waals surface area contributed by atoms with Gasteiger partial charge in [0.05, 0.1) is 6.61 Å². The predicted octanol–water partition coefficient (Wildman–Crippen LogP) is 2.45. The van der Waals surface area contributed by atoms with Crippen molar-refractivity contribution in [3.05, 3.63) is 29.8 Å². The van der Waals surface area contributed by atoms with E-state index in [1.807, 2.05) is 31.2 Å². The summed E-state index contributed by atoms with van der Waals surface area (Å²) in [5, 5.41) is 0. The number of nitrogens with two attached hydrogens (primary N) is 1. The monoisotopic (exact) mass is 220 g/mol. The Morgan fingerprint density at radius 3 is 2.81 bits per heavy atom. The molecule has 0 aliphatic heterocycles. The SMILES string of the molecule is CCOc1cccc(C(N)=NCC(C)C)c1. The van der Waals surface area contributed by atoms with Gasteiger partial charge in [-0.05, 0) is 25.0 Å². The van der Waals surface area contributed by atoms with Gasteiger partial charge in [-0.1, -0.05) is 26.0 Å². The second-order valence-corrected chi connectivity index (χ2v) is 4.08. The number of aliphatic imine (C=N–C) groups is 1. The van der Waals surface area contributed by atoms with Crippen molar-refractivity contribution in [1.82, 2.24) is 0 Å². The number of rotatable bonds is 5. The summed E-state index contributed by atoms with van der Waals surface area (Å²) in [7, 11) is 0. The summed E-state index contributed by atoms with van der Waals surface area (Å²) < 4.78 is 5.41. The van der Waals surface area contributed by atoms with Crippen LogP contribution in [0.3, 0.4) is 0 Å². The Bertz CT molecular complexity index is 359. The molecule has 0 saturated heterocycles. The van der Waals surface area contributed by atoms with E-state index in [4.69, 9.17) is 10.5 Å². The molecule has 0 amide bonds. The normalized spacial score (nSPS) is 11.9. The van der Waals surface area contributed by atoms with Crippen molar-refractivity contribution in [3.8, 4) is 5.75 Å². The molecule has 0 aromatic heterocycles. The molecule has 0 spiro atoms. The molecule has 0 heterocycles. The Kier molecular flexibility index (Phi) is 4.83. The first-order valence-corrected chi connectivity index (χ1v) is 5.66. The van der Waals surface area contributed by atoms with Crippen molar-refractivity contribution in [1.29, 1.82) is 0 Å². The van der Waals surface area contributed by atoms with Gasteiger partial charge in [-0.25, -0.2) is 0 Å². The molecule has 1 rings (SSSR count). The lowest BCUT2D eigenvalue weighted by molar-refractivity contribution is 0.340. The molecular weight excluding hydrogens is 200 g/mol. The maximum absolute atomic E-state index is 5.90. The van der Waals surface area contributed by atoms with E-state index in [-0.39, 0.29) is 0 Å². The zero-order chi connectivity index (χ0) is 12.0. The van der Waals surface area contributed by atoms with E-state index in [1.165, 1.54) is 0 Å². The molecule has 3 heteroatoms. The van der Waals surface area contributed by atoms with Crippen LogP contribution in [0.15, 0.2) is 29.3 Å². The van der Waals surface area contributed by atoms with Gasteiger partial charge in [0, 0.05) is 12.1 Å². The van der Waals surface area contributed by atoms with Gasteiger partial charge < -0.3 is 10.5 Å². The third kappa shape index (κ3) is 3.93. The number of benzene rings is 1. The summed E-state index contributed by atoms with van der Waals surface area (Å²) in [5.41, 5.74) is 6.83. The third-order valence-corrected chi connectivity index (χ3v) is 2.07. The van der Waals surface area contributed by atoms with Crippen LogP contribution >= 0.6 is 0 Å². The van der Waals surface area contributed by atoms with E-state index >= 15 is 0 Å². The fourth-order valence-corrected chi connectivity index (χ4v) is 1.28. The Balaban J connectivity index is 2.78. The minimum atomic E-state index is 0.522. The van der Waals surface area contributed by atoms with E-state index in [1.54, 1.807) is 0 Å². The lowest BCUT2D eigenvalue weighted by Gasteiger charge is -2.06. The quantitative estimate of drug-likeness (QED) is 0.612. The van der Waals surface area contributed by atoms with Crippen LogP contribution in [0.2, 0.25) is 0 Å². The predicted molar refractivity (Wildman–Crippen MR) is 68.0 cm³/mol. The molecule has 1 aromatic carbocycles. The Labute approximate surface area is 97.3 Å². The second-order valence-electron chi connectivity index (χ2n) is 4.08. The maximum atomic E-state index is 5.90. The molecule has 0 saturated carbocycles. The minimum Gasteiger partial charge on any atom is -0.494 e. The largest absolute Gasteiger partial charge is 0.494 e. The highest BCUT2D eigenvalue weighted by molar-refractivity contribution is 5.97. The number of hydrogen-bond donors (Lipinski definition) is 1. The Morgan fingerprint density at radius 1 is 1.44 bits per heavy atom. The van der Waals surface area contributed by atoms with Gasteiger partial charge in [0.1, 0.15) is 11.6 Å². The van der Waals surface area contributed by atoms with Crippen molar-refractivity contribution in [2.75, 3.05) is 13.2 Å². The van der Waals surface area contributed by atoms with E-state index in [9.17, 15) is 0 Å². The summed E-state index contributed by atoms with van der Waals surface area (Å²) in [5.74, 6) is 1.94. The Hall–Kier alpha value is -1.51. The standard InChI is InChI=1S/C13H20N2O/c1-4-16-12-7-5-6-11(8-12)13(14)15-9-10(2)3/h5-8,10H,4,9H2,1-3H3,(H2,14,15). The van der Waals surface area contributed by atoms with Crippen molar-refractivity contribution >= 4 is 5.84 Å². The third-order valence-electron chi connectivity index (χ3n) is 2.07. The maximum Gasteiger partial charge on any atom is 0.125 e. The van der Waals surface area contributed by atoms with Crippen LogP contribution in [-0.4, -0.2) is 19.0 Å². The highest BCUT2D eigenvalue weighted by Gasteiger charge is 2.01. The molecule has 1 aromatic rings. The van der Waals surface area contributed by atoms with Crippen LogP contribution in [0.4, 0.5) is 0 Å². The second kappa shape index (κ2) is 6.16. The lowest BCUT2D eigenvalue weighted by atomic mass is 10.2. The van der Waals surface area contributed by atoms with Crippen LogP contribution in [-0.2, 0) is 0 Å². The summed E-state index contributed by atoms with van der Waals surface area (Å²) in [4.78, 5) is 4.33. The van der Waals surface area contributed by atoms with Gasteiger partial charge in [0.2, 0.25) is 0 Å². The molecule has 2 N–H and O–H groups in total. The fraction of sp³-hybridized carbons (Fsp3) is 0.462. The molecule has 0 atom stereocenters. The zero-order valence-electron chi connectivity index (χ0n) is 10.2. The molecule has 0 unspecified atom stereocenters. The van der Waals surface area contributed by atoms with Crippen LogP contribution in [0.5, 0.6) is 5.75 Å². The average molecular weight is 220 g/mol. The number of hydrogen-bond acceptors (Lipinski definition) is 2. The van der Waals surface area contributed by atoms with Gasteiger partial charge in [-0.3, -0.25) is 4.99 Å². The van der Waals surface area contributed by atoms with Gasteiger partial charge in [0.15, 0.2) is 0 Å². The molecule has 3 nitrogen and oxygen atoms in total. The molecule has 16 heavy (non-hydrogen) atoms.